The molecule has 1 aliphatic rings. The van der Waals surface area contributed by atoms with E-state index < -0.39 is 11.6 Å². The summed E-state index contributed by atoms with van der Waals surface area (Å²) < 4.78 is 0. The molecule has 0 bridgehead atoms. The van der Waals surface area contributed by atoms with E-state index in [0.717, 1.165) is 25.7 Å². The number of likely N-dealkylation sites (N-methyl/N-ethyl adjacent to an activating group) is 1. The molecule has 0 spiro atoms. The van der Waals surface area contributed by atoms with Crippen LogP contribution in [0, 0.1) is 0 Å². The molecule has 0 amide bonds. The molecule has 0 aliphatic heterocycles. The molecule has 0 aromatic rings. The first-order chi connectivity index (χ1) is 7.43. The average Bonchev–Trinajstić information content (AvgIpc) is 2.61. The van der Waals surface area contributed by atoms with Crippen molar-refractivity contribution in [3.05, 3.63) is 0 Å². The molecule has 2 N–H and O–H groups in total. The van der Waals surface area contributed by atoms with Crippen molar-refractivity contribution in [1.82, 2.24) is 4.90 Å². The summed E-state index contributed by atoms with van der Waals surface area (Å²) in [6.45, 7) is 2.68. The Morgan fingerprint density at radius 1 is 1.44 bits per heavy atom. The monoisotopic (exact) mass is 229 g/mol. The topological polar surface area (TPSA) is 60.8 Å². The Hall–Kier alpha value is -0.610. The van der Waals surface area contributed by atoms with E-state index in [0.29, 0.717) is 13.0 Å². The predicted octanol–water partition coefficient (Wildman–Crippen LogP) is 1.48. The van der Waals surface area contributed by atoms with E-state index in [-0.39, 0.29) is 12.5 Å². The lowest BCUT2D eigenvalue weighted by Gasteiger charge is -2.32. The van der Waals surface area contributed by atoms with Gasteiger partial charge in [-0.3, -0.25) is 4.79 Å². The van der Waals surface area contributed by atoms with Crippen molar-refractivity contribution in [3.8, 4) is 0 Å². The molecule has 1 fully saturated rings. The largest absolute Gasteiger partial charge is 0.481 e. The number of hydrogen-bond acceptors (Lipinski definition) is 3. The fraction of sp³-hybridized carbons (Fsp3) is 0.917. The van der Waals surface area contributed by atoms with Crippen LogP contribution in [0.25, 0.3) is 0 Å². The van der Waals surface area contributed by atoms with Gasteiger partial charge in [-0.15, -0.1) is 0 Å². The minimum Gasteiger partial charge on any atom is -0.481 e. The van der Waals surface area contributed by atoms with Crippen LogP contribution < -0.4 is 0 Å². The Morgan fingerprint density at radius 2 is 2.00 bits per heavy atom. The van der Waals surface area contributed by atoms with E-state index in [1.54, 1.807) is 0 Å². The van der Waals surface area contributed by atoms with Crippen LogP contribution >= 0.6 is 0 Å². The van der Waals surface area contributed by atoms with Crippen molar-refractivity contribution in [2.75, 3.05) is 13.6 Å². The minimum atomic E-state index is -0.750. The smallest absolute Gasteiger partial charge is 0.303 e. The standard InChI is InChI=1S/C12H23NO3/c1-10(5-6-11(14)15)13(2)9-12(16)7-3-4-8-12/h10,16H,3-9H2,1-2H3,(H,14,15). The van der Waals surface area contributed by atoms with Crippen molar-refractivity contribution < 1.29 is 15.0 Å². The van der Waals surface area contributed by atoms with Gasteiger partial charge < -0.3 is 15.1 Å². The van der Waals surface area contributed by atoms with E-state index in [1.807, 2.05) is 14.0 Å². The summed E-state index contributed by atoms with van der Waals surface area (Å²) in [5.41, 5.74) is -0.535. The van der Waals surface area contributed by atoms with Gasteiger partial charge in [-0.1, -0.05) is 12.8 Å². The van der Waals surface area contributed by atoms with Gasteiger partial charge in [0, 0.05) is 19.0 Å². The number of nitrogens with zero attached hydrogens (tertiary/aromatic N) is 1. The molecule has 0 heterocycles. The average molecular weight is 229 g/mol. The van der Waals surface area contributed by atoms with Gasteiger partial charge in [-0.05, 0) is 33.2 Å². The maximum Gasteiger partial charge on any atom is 0.303 e. The summed E-state index contributed by atoms with van der Waals surface area (Å²) in [7, 11) is 1.96. The van der Waals surface area contributed by atoms with Crippen LogP contribution in [-0.4, -0.2) is 46.3 Å². The Bertz CT molecular complexity index is 236. The predicted molar refractivity (Wildman–Crippen MR) is 62.4 cm³/mol. The van der Waals surface area contributed by atoms with Crippen LogP contribution in [0.5, 0.6) is 0 Å². The highest BCUT2D eigenvalue weighted by Crippen LogP contribution is 2.30. The maximum absolute atomic E-state index is 10.5. The van der Waals surface area contributed by atoms with Crippen LogP contribution in [0.3, 0.4) is 0 Å². The molecule has 4 nitrogen and oxygen atoms in total. The second kappa shape index (κ2) is 5.64. The lowest BCUT2D eigenvalue weighted by atomic mass is 10.0. The fourth-order valence-corrected chi connectivity index (χ4v) is 2.36. The molecule has 0 radical (unpaired) electrons. The molecule has 1 rings (SSSR count). The third kappa shape index (κ3) is 4.10. The number of carboxylic acid groups (broad SMARTS) is 1. The molecular weight excluding hydrogens is 206 g/mol. The third-order valence-corrected chi connectivity index (χ3v) is 3.61. The zero-order valence-corrected chi connectivity index (χ0v) is 10.3. The third-order valence-electron chi connectivity index (χ3n) is 3.61. The summed E-state index contributed by atoms with van der Waals surface area (Å²) in [6.07, 6.45) is 4.81. The zero-order valence-electron chi connectivity index (χ0n) is 10.3. The highest BCUT2D eigenvalue weighted by Gasteiger charge is 2.33. The van der Waals surface area contributed by atoms with Crippen molar-refractivity contribution >= 4 is 5.97 Å². The quantitative estimate of drug-likeness (QED) is 0.724. The number of aliphatic carboxylic acids is 1. The Morgan fingerprint density at radius 3 is 2.50 bits per heavy atom. The van der Waals surface area contributed by atoms with Crippen LogP contribution in [0.15, 0.2) is 0 Å². The second-order valence-corrected chi connectivity index (χ2v) is 5.13. The van der Waals surface area contributed by atoms with Gasteiger partial charge in [0.2, 0.25) is 0 Å². The Labute approximate surface area is 97.3 Å². The highest BCUT2D eigenvalue weighted by atomic mass is 16.4. The van der Waals surface area contributed by atoms with E-state index in [4.69, 9.17) is 5.11 Å². The first kappa shape index (κ1) is 13.5. The molecule has 0 saturated heterocycles. The zero-order chi connectivity index (χ0) is 12.2. The molecule has 1 atom stereocenters. The van der Waals surface area contributed by atoms with Gasteiger partial charge in [0.25, 0.3) is 0 Å². The second-order valence-electron chi connectivity index (χ2n) is 5.13. The molecule has 16 heavy (non-hydrogen) atoms. The molecule has 0 aromatic carbocycles. The van der Waals surface area contributed by atoms with Gasteiger partial charge in [0.15, 0.2) is 0 Å². The Balaban J connectivity index is 2.32. The van der Waals surface area contributed by atoms with E-state index >= 15 is 0 Å². The van der Waals surface area contributed by atoms with Gasteiger partial charge in [0.1, 0.15) is 0 Å². The van der Waals surface area contributed by atoms with Crippen LogP contribution in [0.4, 0.5) is 0 Å². The lowest BCUT2D eigenvalue weighted by Crippen LogP contribution is -2.43. The van der Waals surface area contributed by atoms with Crippen LogP contribution in [0.1, 0.15) is 45.4 Å². The lowest BCUT2D eigenvalue weighted by molar-refractivity contribution is -0.137. The van der Waals surface area contributed by atoms with Crippen molar-refractivity contribution in [1.29, 1.82) is 0 Å². The first-order valence-electron chi connectivity index (χ1n) is 6.07. The van der Waals surface area contributed by atoms with Gasteiger partial charge in [-0.25, -0.2) is 0 Å². The number of carbonyl (C=O) groups is 1. The van der Waals surface area contributed by atoms with Crippen LogP contribution in [0.2, 0.25) is 0 Å². The summed E-state index contributed by atoms with van der Waals surface area (Å²) in [5, 5.41) is 18.8. The fourth-order valence-electron chi connectivity index (χ4n) is 2.36. The first-order valence-corrected chi connectivity index (χ1v) is 6.07. The number of hydrogen-bond donors (Lipinski definition) is 2. The number of aliphatic hydroxyl groups is 1. The van der Waals surface area contributed by atoms with Gasteiger partial charge in [0.05, 0.1) is 5.60 Å². The van der Waals surface area contributed by atoms with E-state index in [2.05, 4.69) is 4.90 Å². The van der Waals surface area contributed by atoms with Crippen LogP contribution in [-0.2, 0) is 4.79 Å². The number of carboxylic acids is 1. The highest BCUT2D eigenvalue weighted by molar-refractivity contribution is 5.66. The van der Waals surface area contributed by atoms with Gasteiger partial charge >= 0.3 is 5.97 Å². The van der Waals surface area contributed by atoms with E-state index in [1.165, 1.54) is 0 Å². The minimum absolute atomic E-state index is 0.198. The van der Waals surface area contributed by atoms with Crippen molar-refractivity contribution in [2.45, 2.75) is 57.1 Å². The summed E-state index contributed by atoms with van der Waals surface area (Å²) in [4.78, 5) is 12.5. The SMILES string of the molecule is CC(CCC(=O)O)N(C)CC1(O)CCCC1. The summed E-state index contributed by atoms with van der Waals surface area (Å²) in [6, 6.07) is 0.209. The molecule has 1 saturated carbocycles. The maximum atomic E-state index is 10.5. The normalized spacial score (nSPS) is 21.2. The molecule has 94 valence electrons. The molecule has 0 aromatic heterocycles. The van der Waals surface area contributed by atoms with Gasteiger partial charge in [-0.2, -0.15) is 0 Å². The summed E-state index contributed by atoms with van der Waals surface area (Å²) in [5.74, 6) is -0.750. The Kier molecular flexibility index (Phi) is 4.74. The molecular formula is C12H23NO3. The van der Waals surface area contributed by atoms with Crippen molar-refractivity contribution in [2.24, 2.45) is 0 Å². The summed E-state index contributed by atoms with van der Waals surface area (Å²) >= 11 is 0. The van der Waals surface area contributed by atoms with Crippen molar-refractivity contribution in [3.63, 3.8) is 0 Å². The number of rotatable bonds is 6. The molecule has 1 aliphatic carbocycles. The van der Waals surface area contributed by atoms with E-state index in [9.17, 15) is 9.90 Å². The molecule has 1 unspecified atom stereocenters. The molecule has 4 heteroatoms.